The predicted molar refractivity (Wildman–Crippen MR) is 66.0 cm³/mol. The lowest BCUT2D eigenvalue weighted by Gasteiger charge is -1.97. The summed E-state index contributed by atoms with van der Waals surface area (Å²) in [6.07, 6.45) is 9.45. The van der Waals surface area contributed by atoms with Crippen LogP contribution in [0.1, 0.15) is 5.56 Å². The molecule has 1 aromatic heterocycles. The molecule has 1 aromatic carbocycles. The van der Waals surface area contributed by atoms with Gasteiger partial charge in [-0.15, -0.1) is 0 Å². The number of allylic oxidation sites excluding steroid dienone is 3. The van der Waals surface area contributed by atoms with E-state index in [2.05, 4.69) is 11.1 Å². The zero-order valence-corrected chi connectivity index (χ0v) is 8.71. The van der Waals surface area contributed by atoms with Crippen LogP contribution in [0.4, 0.5) is 0 Å². The summed E-state index contributed by atoms with van der Waals surface area (Å²) in [5.41, 5.74) is 2.01. The van der Waals surface area contributed by atoms with Crippen LogP contribution in [0, 0.1) is 0 Å². The smallest absolute Gasteiger partial charge is 0.142 e. The molecule has 0 fully saturated rings. The number of rotatable bonds is 3. The number of carbonyl (C=O) groups is 1. The molecule has 0 bridgehead atoms. The molecule has 0 saturated carbocycles. The molecule has 2 aromatic rings. The molecular formula is C14H11NO. The van der Waals surface area contributed by atoms with Crippen LogP contribution in [0.2, 0.25) is 0 Å². The van der Waals surface area contributed by atoms with E-state index in [0.29, 0.717) is 0 Å². The van der Waals surface area contributed by atoms with Crippen molar-refractivity contribution in [3.8, 4) is 0 Å². The first-order valence-corrected chi connectivity index (χ1v) is 5.03. The van der Waals surface area contributed by atoms with Gasteiger partial charge in [-0.1, -0.05) is 36.4 Å². The van der Waals surface area contributed by atoms with Gasteiger partial charge in [0.15, 0.2) is 0 Å². The van der Waals surface area contributed by atoms with Crippen LogP contribution in [-0.4, -0.2) is 11.3 Å². The number of aldehydes is 1. The van der Waals surface area contributed by atoms with Crippen LogP contribution in [-0.2, 0) is 4.79 Å². The number of fused-ring (bicyclic) bond motifs is 1. The highest BCUT2D eigenvalue weighted by Crippen LogP contribution is 2.13. The summed E-state index contributed by atoms with van der Waals surface area (Å²) < 4.78 is 0. The molecule has 0 amide bonds. The van der Waals surface area contributed by atoms with Crippen LogP contribution in [0.5, 0.6) is 0 Å². The van der Waals surface area contributed by atoms with Gasteiger partial charge in [0, 0.05) is 11.6 Å². The fraction of sp³-hybridized carbons (Fsp3) is 0. The summed E-state index contributed by atoms with van der Waals surface area (Å²) in [5, 5.41) is 1.11. The second-order valence-corrected chi connectivity index (χ2v) is 3.34. The molecule has 1 heterocycles. The van der Waals surface area contributed by atoms with Crippen molar-refractivity contribution < 1.29 is 4.79 Å². The van der Waals surface area contributed by atoms with Crippen LogP contribution >= 0.6 is 0 Å². The van der Waals surface area contributed by atoms with Gasteiger partial charge in [-0.25, -0.2) is 0 Å². The van der Waals surface area contributed by atoms with Crippen LogP contribution in [0.25, 0.3) is 17.0 Å². The number of carbonyl (C=O) groups excluding carboxylic acids is 1. The van der Waals surface area contributed by atoms with E-state index in [1.165, 1.54) is 6.08 Å². The van der Waals surface area contributed by atoms with Crippen molar-refractivity contribution in [3.63, 3.8) is 0 Å². The molecule has 78 valence electrons. The Hall–Kier alpha value is -2.22. The van der Waals surface area contributed by atoms with Gasteiger partial charge in [0.2, 0.25) is 0 Å². The Kier molecular flexibility index (Phi) is 3.24. The molecule has 16 heavy (non-hydrogen) atoms. The van der Waals surface area contributed by atoms with Crippen molar-refractivity contribution in [1.29, 1.82) is 0 Å². The topological polar surface area (TPSA) is 30.0 Å². The Morgan fingerprint density at radius 1 is 1.06 bits per heavy atom. The number of para-hydroxylation sites is 1. The molecule has 0 radical (unpaired) electrons. The summed E-state index contributed by atoms with van der Waals surface area (Å²) in [5.74, 6) is 0. The SMILES string of the molecule is O=C/C=C/C=C/c1cnc2ccccc2c1. The summed E-state index contributed by atoms with van der Waals surface area (Å²) in [7, 11) is 0. The van der Waals surface area contributed by atoms with E-state index in [4.69, 9.17) is 0 Å². The quantitative estimate of drug-likeness (QED) is 0.442. The van der Waals surface area contributed by atoms with Gasteiger partial charge in [-0.2, -0.15) is 0 Å². The lowest BCUT2D eigenvalue weighted by Crippen LogP contribution is -1.79. The minimum atomic E-state index is 0.753. The summed E-state index contributed by atoms with van der Waals surface area (Å²) in [4.78, 5) is 14.4. The third-order valence-electron chi connectivity index (χ3n) is 2.20. The van der Waals surface area contributed by atoms with Crippen molar-refractivity contribution in [2.75, 3.05) is 0 Å². The largest absolute Gasteiger partial charge is 0.299 e. The van der Waals surface area contributed by atoms with Crippen LogP contribution in [0.3, 0.4) is 0 Å². The average Bonchev–Trinajstić information content (AvgIpc) is 2.34. The van der Waals surface area contributed by atoms with Crippen molar-refractivity contribution in [1.82, 2.24) is 4.98 Å². The molecule has 2 nitrogen and oxygen atoms in total. The van der Waals surface area contributed by atoms with Crippen LogP contribution in [0.15, 0.2) is 54.8 Å². The molecule has 0 N–H and O–H groups in total. The molecule has 2 heteroatoms. The second-order valence-electron chi connectivity index (χ2n) is 3.34. The molecular weight excluding hydrogens is 198 g/mol. The van der Waals surface area contributed by atoms with Gasteiger partial charge in [-0.05, 0) is 23.8 Å². The third kappa shape index (κ3) is 2.42. The molecule has 0 aliphatic rings. The number of pyridine rings is 1. The van der Waals surface area contributed by atoms with Crippen molar-refractivity contribution in [3.05, 3.63) is 60.3 Å². The molecule has 2 rings (SSSR count). The Balaban J connectivity index is 2.29. The number of hydrogen-bond donors (Lipinski definition) is 0. The Labute approximate surface area is 93.9 Å². The predicted octanol–water partition coefficient (Wildman–Crippen LogP) is 3.00. The minimum Gasteiger partial charge on any atom is -0.299 e. The highest BCUT2D eigenvalue weighted by atomic mass is 16.1. The third-order valence-corrected chi connectivity index (χ3v) is 2.20. The number of hydrogen-bond acceptors (Lipinski definition) is 2. The van der Waals surface area contributed by atoms with E-state index < -0.39 is 0 Å². The monoisotopic (exact) mass is 209 g/mol. The van der Waals surface area contributed by atoms with Gasteiger partial charge < -0.3 is 0 Å². The average molecular weight is 209 g/mol. The highest BCUT2D eigenvalue weighted by Gasteiger charge is 1.93. The highest BCUT2D eigenvalue weighted by molar-refractivity contribution is 5.80. The van der Waals surface area contributed by atoms with Gasteiger partial charge in [-0.3, -0.25) is 9.78 Å². The van der Waals surface area contributed by atoms with E-state index in [-0.39, 0.29) is 0 Å². The van der Waals surface area contributed by atoms with Crippen molar-refractivity contribution in [2.24, 2.45) is 0 Å². The first-order chi connectivity index (χ1) is 7.90. The van der Waals surface area contributed by atoms with E-state index >= 15 is 0 Å². The number of aromatic nitrogens is 1. The molecule has 0 saturated heterocycles. The lowest BCUT2D eigenvalue weighted by atomic mass is 10.1. The molecule has 0 atom stereocenters. The summed E-state index contributed by atoms with van der Waals surface area (Å²) in [6.45, 7) is 0. The minimum absolute atomic E-state index is 0.753. The van der Waals surface area contributed by atoms with Gasteiger partial charge in [0.25, 0.3) is 0 Å². The van der Waals surface area contributed by atoms with Gasteiger partial charge in [0.1, 0.15) is 6.29 Å². The zero-order valence-electron chi connectivity index (χ0n) is 8.71. The Morgan fingerprint density at radius 2 is 1.94 bits per heavy atom. The maximum atomic E-state index is 10.1. The van der Waals surface area contributed by atoms with Crippen molar-refractivity contribution >= 4 is 23.3 Å². The molecule has 0 unspecified atom stereocenters. The molecule has 0 aliphatic heterocycles. The summed E-state index contributed by atoms with van der Waals surface area (Å²) >= 11 is 0. The Morgan fingerprint density at radius 3 is 2.81 bits per heavy atom. The van der Waals surface area contributed by atoms with Crippen LogP contribution < -0.4 is 0 Å². The van der Waals surface area contributed by atoms with E-state index in [9.17, 15) is 4.79 Å². The normalized spacial score (nSPS) is 11.5. The maximum Gasteiger partial charge on any atom is 0.142 e. The second kappa shape index (κ2) is 5.03. The van der Waals surface area contributed by atoms with E-state index in [1.807, 2.05) is 42.6 Å². The first-order valence-electron chi connectivity index (χ1n) is 5.03. The fourth-order valence-corrected chi connectivity index (χ4v) is 1.46. The summed E-state index contributed by atoms with van der Waals surface area (Å²) in [6, 6.07) is 10.0. The van der Waals surface area contributed by atoms with Crippen molar-refractivity contribution in [2.45, 2.75) is 0 Å². The maximum absolute atomic E-state index is 10.1. The zero-order chi connectivity index (χ0) is 11.2. The molecule has 0 spiro atoms. The Bertz CT molecular complexity index is 555. The van der Waals surface area contributed by atoms with Gasteiger partial charge >= 0.3 is 0 Å². The standard InChI is InChI=1S/C14H11NO/c16-9-5-1-2-6-12-10-13-7-3-4-8-14(13)15-11-12/h1-11H/b5-1+,6-2+. The van der Waals surface area contributed by atoms with E-state index in [1.54, 1.807) is 6.08 Å². The first kappa shape index (κ1) is 10.3. The lowest BCUT2D eigenvalue weighted by molar-refractivity contribution is -0.104. The number of nitrogens with zero attached hydrogens (tertiary/aromatic N) is 1. The van der Waals surface area contributed by atoms with E-state index in [0.717, 1.165) is 22.8 Å². The van der Waals surface area contributed by atoms with Gasteiger partial charge in [0.05, 0.1) is 5.52 Å². The fourth-order valence-electron chi connectivity index (χ4n) is 1.46. The molecule has 0 aliphatic carbocycles. The number of benzene rings is 1.